The Balaban J connectivity index is 1.08. The minimum absolute atomic E-state index is 0.0187. The minimum Gasteiger partial charge on any atom is -0.489 e. The molecular weight excluding hydrogens is 514 g/mol. The van der Waals surface area contributed by atoms with Gasteiger partial charge in [-0.25, -0.2) is 4.85 Å². The molecule has 0 bridgehead atoms. The molecule has 1 atom stereocenters. The van der Waals surface area contributed by atoms with Gasteiger partial charge in [0.1, 0.15) is 17.5 Å². The van der Waals surface area contributed by atoms with E-state index in [4.69, 9.17) is 16.6 Å². The highest BCUT2D eigenvalue weighted by Crippen LogP contribution is 2.25. The number of ether oxygens (including phenoxy) is 1. The first kappa shape index (κ1) is 28.0. The fraction of sp³-hybridized carbons (Fsp3) is 0.364. The number of nitriles is 1. The summed E-state index contributed by atoms with van der Waals surface area (Å²) in [5.74, 6) is 0.928. The highest BCUT2D eigenvalue weighted by atomic mass is 16.5. The van der Waals surface area contributed by atoms with Crippen molar-refractivity contribution in [3.8, 4) is 11.8 Å². The second kappa shape index (κ2) is 13.2. The third kappa shape index (κ3) is 7.36. The van der Waals surface area contributed by atoms with Crippen LogP contribution in [0.5, 0.6) is 5.75 Å². The average molecular weight is 548 g/mol. The molecule has 3 aromatic rings. The number of hydrogen-bond donors (Lipinski definition) is 0. The van der Waals surface area contributed by atoms with Crippen molar-refractivity contribution in [1.29, 1.82) is 5.26 Å². The molecule has 1 unspecified atom stereocenters. The van der Waals surface area contributed by atoms with Crippen molar-refractivity contribution < 1.29 is 14.3 Å². The normalized spacial score (nSPS) is 17.8. The number of ketones is 1. The van der Waals surface area contributed by atoms with Crippen LogP contribution in [0.2, 0.25) is 0 Å². The number of benzene rings is 2. The van der Waals surface area contributed by atoms with Crippen LogP contribution in [0, 0.1) is 23.8 Å². The number of amides is 1. The van der Waals surface area contributed by atoms with Gasteiger partial charge in [-0.05, 0) is 86.7 Å². The first-order valence-corrected chi connectivity index (χ1v) is 14.1. The molecule has 2 aliphatic heterocycles. The van der Waals surface area contributed by atoms with E-state index in [9.17, 15) is 9.59 Å². The topological polar surface area (TPSA) is 90.9 Å². The molecule has 41 heavy (non-hydrogen) atoms. The molecule has 8 nitrogen and oxygen atoms in total. The number of nitrogens with zero attached hydrogens (tertiary/aromatic N) is 5. The molecule has 2 aliphatic rings. The molecule has 2 fully saturated rings. The van der Waals surface area contributed by atoms with Gasteiger partial charge in [-0.3, -0.25) is 19.5 Å². The van der Waals surface area contributed by atoms with Gasteiger partial charge in [-0.1, -0.05) is 24.3 Å². The third-order valence-electron chi connectivity index (χ3n) is 7.90. The Hall–Kier alpha value is -4.53. The molecule has 0 aliphatic carbocycles. The molecule has 1 amide bonds. The summed E-state index contributed by atoms with van der Waals surface area (Å²) in [6, 6.07) is 20.3. The van der Waals surface area contributed by atoms with Crippen LogP contribution in [0.4, 0.5) is 5.69 Å². The summed E-state index contributed by atoms with van der Waals surface area (Å²) in [7, 11) is 0. The van der Waals surface area contributed by atoms with E-state index in [-0.39, 0.29) is 17.8 Å². The highest BCUT2D eigenvalue weighted by molar-refractivity contribution is 5.97. The summed E-state index contributed by atoms with van der Waals surface area (Å²) in [6.07, 6.45) is 5.48. The molecule has 2 aromatic carbocycles. The standard InChI is InChI=1S/C33H33N5O3/c1-35-28-9-11-29(12-10-28)41-30-3-2-16-38(23-30)33(40)27-8-13-31(36-21-27)32(39)19-24-14-17-37(18-15-24)22-26-6-4-25(20-34)5-7-26/h4-13,21,24,30H,2-3,14-19,22-23H2. The van der Waals surface area contributed by atoms with Gasteiger partial charge < -0.3 is 9.64 Å². The maximum Gasteiger partial charge on any atom is 0.255 e. The first-order valence-electron chi connectivity index (χ1n) is 14.1. The molecule has 1 aromatic heterocycles. The predicted octanol–water partition coefficient (Wildman–Crippen LogP) is 5.67. The lowest BCUT2D eigenvalue weighted by molar-refractivity contribution is 0.0537. The number of carbonyl (C=O) groups is 2. The summed E-state index contributed by atoms with van der Waals surface area (Å²) >= 11 is 0. The van der Waals surface area contributed by atoms with Crippen molar-refractivity contribution in [2.24, 2.45) is 5.92 Å². The third-order valence-corrected chi connectivity index (χ3v) is 7.90. The highest BCUT2D eigenvalue weighted by Gasteiger charge is 2.27. The lowest BCUT2D eigenvalue weighted by Crippen LogP contribution is -2.44. The number of hydrogen-bond acceptors (Lipinski definition) is 6. The monoisotopic (exact) mass is 547 g/mol. The fourth-order valence-corrected chi connectivity index (χ4v) is 5.54. The number of carbonyl (C=O) groups excluding carboxylic acids is 2. The van der Waals surface area contributed by atoms with Crippen molar-refractivity contribution in [3.05, 3.63) is 101 Å². The van der Waals surface area contributed by atoms with Gasteiger partial charge in [-0.2, -0.15) is 5.26 Å². The number of likely N-dealkylation sites (tertiary alicyclic amines) is 2. The summed E-state index contributed by atoms with van der Waals surface area (Å²) in [6.45, 7) is 10.9. The molecule has 0 saturated carbocycles. The van der Waals surface area contributed by atoms with Crippen LogP contribution in [-0.2, 0) is 6.54 Å². The van der Waals surface area contributed by atoms with Gasteiger partial charge >= 0.3 is 0 Å². The molecule has 5 rings (SSSR count). The van der Waals surface area contributed by atoms with Crippen LogP contribution >= 0.6 is 0 Å². The van der Waals surface area contributed by atoms with E-state index in [0.29, 0.717) is 53.7 Å². The smallest absolute Gasteiger partial charge is 0.255 e. The van der Waals surface area contributed by atoms with Gasteiger partial charge in [0, 0.05) is 25.7 Å². The molecule has 0 radical (unpaired) electrons. The largest absolute Gasteiger partial charge is 0.489 e. The van der Waals surface area contributed by atoms with Crippen molar-refractivity contribution in [2.45, 2.75) is 44.8 Å². The average Bonchev–Trinajstić information content (AvgIpc) is 3.02. The molecular formula is C33H33N5O3. The van der Waals surface area contributed by atoms with E-state index in [0.717, 1.165) is 45.3 Å². The second-order valence-electron chi connectivity index (χ2n) is 10.8. The van der Waals surface area contributed by atoms with Gasteiger partial charge in [0.05, 0.1) is 30.3 Å². The van der Waals surface area contributed by atoms with Gasteiger partial charge in [0.15, 0.2) is 11.5 Å². The summed E-state index contributed by atoms with van der Waals surface area (Å²) < 4.78 is 6.07. The van der Waals surface area contributed by atoms with Crippen LogP contribution in [0.3, 0.4) is 0 Å². The fourth-order valence-electron chi connectivity index (χ4n) is 5.54. The molecule has 3 heterocycles. The number of aromatic nitrogens is 1. The van der Waals surface area contributed by atoms with Crippen LogP contribution in [-0.4, -0.2) is 58.8 Å². The van der Waals surface area contributed by atoms with E-state index in [2.05, 4.69) is 20.8 Å². The Morgan fingerprint density at radius 3 is 2.41 bits per heavy atom. The Morgan fingerprint density at radius 2 is 1.76 bits per heavy atom. The van der Waals surface area contributed by atoms with Gasteiger partial charge in [0.2, 0.25) is 0 Å². The molecule has 2 saturated heterocycles. The van der Waals surface area contributed by atoms with E-state index in [1.165, 1.54) is 11.8 Å². The van der Waals surface area contributed by atoms with Crippen molar-refractivity contribution in [2.75, 3.05) is 26.2 Å². The van der Waals surface area contributed by atoms with Crippen molar-refractivity contribution in [1.82, 2.24) is 14.8 Å². The number of pyridine rings is 1. The Labute approximate surface area is 241 Å². The lowest BCUT2D eigenvalue weighted by Gasteiger charge is -2.33. The van der Waals surface area contributed by atoms with E-state index in [1.54, 1.807) is 41.3 Å². The van der Waals surface area contributed by atoms with E-state index < -0.39 is 0 Å². The summed E-state index contributed by atoms with van der Waals surface area (Å²) in [5, 5.41) is 8.97. The zero-order chi connectivity index (χ0) is 28.6. The van der Waals surface area contributed by atoms with Gasteiger partial charge in [-0.15, -0.1) is 0 Å². The zero-order valence-corrected chi connectivity index (χ0v) is 23.0. The number of rotatable bonds is 8. The van der Waals surface area contributed by atoms with Crippen LogP contribution in [0.1, 0.15) is 64.1 Å². The summed E-state index contributed by atoms with van der Waals surface area (Å²) in [5.41, 5.74) is 3.30. The van der Waals surface area contributed by atoms with E-state index in [1.807, 2.05) is 24.3 Å². The van der Waals surface area contributed by atoms with Crippen LogP contribution < -0.4 is 4.74 Å². The number of Topliss-reactive ketones (excluding diaryl/α,β-unsaturated/α-hetero) is 1. The Kier molecular flexibility index (Phi) is 9.03. The molecule has 8 heteroatoms. The summed E-state index contributed by atoms with van der Waals surface area (Å²) in [4.78, 5) is 38.1. The van der Waals surface area contributed by atoms with E-state index >= 15 is 0 Å². The zero-order valence-electron chi connectivity index (χ0n) is 23.0. The minimum atomic E-state index is -0.115. The van der Waals surface area contributed by atoms with Crippen molar-refractivity contribution in [3.63, 3.8) is 0 Å². The van der Waals surface area contributed by atoms with Crippen LogP contribution in [0.15, 0.2) is 66.9 Å². The molecule has 0 N–H and O–H groups in total. The first-order chi connectivity index (χ1) is 20.0. The van der Waals surface area contributed by atoms with Crippen molar-refractivity contribution >= 4 is 17.4 Å². The SMILES string of the molecule is [C-]#[N+]c1ccc(OC2CCCN(C(=O)c3ccc(C(=O)CC4CCN(Cc5ccc(C#N)cc5)CC4)nc3)C2)cc1. The lowest BCUT2D eigenvalue weighted by atomic mass is 9.90. The van der Waals surface area contributed by atoms with Gasteiger partial charge in [0.25, 0.3) is 5.91 Å². The van der Waals surface area contributed by atoms with Crippen LogP contribution in [0.25, 0.3) is 4.85 Å². The molecule has 0 spiro atoms. The maximum atomic E-state index is 13.2. The quantitative estimate of drug-likeness (QED) is 0.267. The Bertz CT molecular complexity index is 1430. The number of piperidine rings is 2. The Morgan fingerprint density at radius 1 is 1.00 bits per heavy atom. The predicted molar refractivity (Wildman–Crippen MR) is 155 cm³/mol. The molecule has 208 valence electrons. The second-order valence-corrected chi connectivity index (χ2v) is 10.8. The maximum absolute atomic E-state index is 13.2.